The van der Waals surface area contributed by atoms with Gasteiger partial charge in [-0.1, -0.05) is 18.2 Å². The summed E-state index contributed by atoms with van der Waals surface area (Å²) in [4.78, 5) is 11.5. The first kappa shape index (κ1) is 23.1. The number of nitrogens with zero attached hydrogens (tertiary/aromatic N) is 4. The molecule has 0 atom stereocenters. The number of hydrogen-bond donors (Lipinski definition) is 1. The number of fused-ring (bicyclic) bond motifs is 2. The highest BCUT2D eigenvalue weighted by molar-refractivity contribution is 6.00. The van der Waals surface area contributed by atoms with Crippen molar-refractivity contribution in [3.63, 3.8) is 0 Å². The van der Waals surface area contributed by atoms with Crippen LogP contribution in [-0.4, -0.2) is 44.1 Å². The van der Waals surface area contributed by atoms with E-state index >= 15 is 0 Å². The van der Waals surface area contributed by atoms with E-state index in [0.717, 1.165) is 61.4 Å². The quantitative estimate of drug-likeness (QED) is 0.409. The van der Waals surface area contributed by atoms with E-state index in [1.807, 2.05) is 18.5 Å². The average molecular weight is 483 g/mol. The molecule has 1 fully saturated rings. The van der Waals surface area contributed by atoms with Crippen LogP contribution < -0.4 is 0 Å². The maximum atomic E-state index is 12.8. The van der Waals surface area contributed by atoms with Gasteiger partial charge in [0.25, 0.3) is 0 Å². The minimum Gasteiger partial charge on any atom is -0.392 e. The van der Waals surface area contributed by atoms with Gasteiger partial charge in [-0.15, -0.1) is 0 Å². The second-order valence-electron chi connectivity index (χ2n) is 10.2. The first-order valence-corrected chi connectivity index (χ1v) is 12.8. The molecule has 3 aromatic heterocycles. The minimum absolute atomic E-state index is 0.0502. The molecule has 0 spiro atoms. The van der Waals surface area contributed by atoms with Gasteiger partial charge in [0.1, 0.15) is 5.65 Å². The summed E-state index contributed by atoms with van der Waals surface area (Å²) >= 11 is 0. The van der Waals surface area contributed by atoms with E-state index in [1.54, 1.807) is 0 Å². The molecule has 0 bridgehead atoms. The number of aliphatic hydroxyl groups excluding tert-OH is 1. The number of likely N-dealkylation sites (tertiary alicyclic amines) is 1. The summed E-state index contributed by atoms with van der Waals surface area (Å²) in [6.07, 6.45) is 11.0. The smallest absolute Gasteiger partial charge is 0.137 e. The number of imidazole rings is 1. The average Bonchev–Trinajstić information content (AvgIpc) is 3.18. The lowest BCUT2D eigenvalue weighted by molar-refractivity contribution is 0.0727. The summed E-state index contributed by atoms with van der Waals surface area (Å²) in [6, 6.07) is 12.9. The maximum Gasteiger partial charge on any atom is 0.137 e. The van der Waals surface area contributed by atoms with Crippen LogP contribution in [0.5, 0.6) is 0 Å². The van der Waals surface area contributed by atoms with Crippen molar-refractivity contribution in [2.45, 2.75) is 39.3 Å². The standard InChI is InChI=1S/C30H31FN4O/c1-20-14-32-9-7-26(20)28-4-2-3-23-11-21(19-36)5-6-27(23)30(28)24-8-10-35-18-25(33-29(35)12-24)17-34-15-22(13-31)16-34/h5-12,14,18,22,36H,2-4,13,15-17,19H2,1H3. The highest BCUT2D eigenvalue weighted by Crippen LogP contribution is 2.41. The molecule has 1 N–H and O–H groups in total. The Morgan fingerprint density at radius 1 is 1.08 bits per heavy atom. The predicted octanol–water partition coefficient (Wildman–Crippen LogP) is 5.23. The van der Waals surface area contributed by atoms with Crippen molar-refractivity contribution >= 4 is 16.8 Å². The van der Waals surface area contributed by atoms with E-state index in [9.17, 15) is 9.50 Å². The number of aliphatic hydroxyl groups is 1. The van der Waals surface area contributed by atoms with E-state index in [4.69, 9.17) is 4.98 Å². The molecule has 0 radical (unpaired) electrons. The van der Waals surface area contributed by atoms with Gasteiger partial charge in [0.2, 0.25) is 0 Å². The molecule has 5 nitrogen and oxygen atoms in total. The van der Waals surface area contributed by atoms with Gasteiger partial charge in [0.15, 0.2) is 0 Å². The molecule has 1 aliphatic carbocycles. The van der Waals surface area contributed by atoms with Gasteiger partial charge in [-0.05, 0) is 88.9 Å². The zero-order chi connectivity index (χ0) is 24.6. The lowest BCUT2D eigenvalue weighted by Crippen LogP contribution is -2.46. The third-order valence-electron chi connectivity index (χ3n) is 7.58. The lowest BCUT2D eigenvalue weighted by Gasteiger charge is -2.37. The fraction of sp³-hybridized carbons (Fsp3) is 0.333. The van der Waals surface area contributed by atoms with Crippen LogP contribution in [0.4, 0.5) is 4.39 Å². The van der Waals surface area contributed by atoms with Gasteiger partial charge in [0.05, 0.1) is 19.0 Å². The Bertz CT molecular complexity index is 1450. The van der Waals surface area contributed by atoms with Gasteiger partial charge in [-0.3, -0.25) is 14.3 Å². The molecule has 0 unspecified atom stereocenters. The third-order valence-corrected chi connectivity index (χ3v) is 7.58. The zero-order valence-corrected chi connectivity index (χ0v) is 20.6. The number of pyridine rings is 2. The Morgan fingerprint density at radius 3 is 2.78 bits per heavy atom. The maximum absolute atomic E-state index is 12.8. The van der Waals surface area contributed by atoms with Gasteiger partial charge in [-0.25, -0.2) is 4.98 Å². The number of rotatable bonds is 6. The van der Waals surface area contributed by atoms with E-state index in [0.29, 0.717) is 0 Å². The van der Waals surface area contributed by atoms with Crippen LogP contribution in [0, 0.1) is 12.8 Å². The van der Waals surface area contributed by atoms with Crippen LogP contribution in [0.15, 0.2) is 61.2 Å². The van der Waals surface area contributed by atoms with Crippen molar-refractivity contribution in [2.75, 3.05) is 19.8 Å². The number of halogens is 1. The van der Waals surface area contributed by atoms with Crippen LogP contribution >= 0.6 is 0 Å². The van der Waals surface area contributed by atoms with Crippen molar-refractivity contribution in [3.05, 3.63) is 100 Å². The van der Waals surface area contributed by atoms with Gasteiger partial charge in [0, 0.05) is 50.3 Å². The first-order chi connectivity index (χ1) is 17.6. The van der Waals surface area contributed by atoms with Crippen LogP contribution in [-0.2, 0) is 19.6 Å². The number of aryl methyl sites for hydroxylation is 2. The van der Waals surface area contributed by atoms with E-state index in [-0.39, 0.29) is 19.2 Å². The second-order valence-corrected chi connectivity index (χ2v) is 10.2. The van der Waals surface area contributed by atoms with Gasteiger partial charge in [-0.2, -0.15) is 0 Å². The summed E-state index contributed by atoms with van der Waals surface area (Å²) < 4.78 is 14.9. The molecule has 4 heterocycles. The Labute approximate surface area is 211 Å². The van der Waals surface area contributed by atoms with Crippen molar-refractivity contribution in [1.82, 2.24) is 19.3 Å². The molecule has 6 rings (SSSR count). The number of benzene rings is 1. The monoisotopic (exact) mass is 482 g/mol. The molecule has 0 saturated carbocycles. The van der Waals surface area contributed by atoms with Crippen LogP contribution in [0.3, 0.4) is 0 Å². The molecule has 6 heteroatoms. The van der Waals surface area contributed by atoms with E-state index in [2.05, 4.69) is 63.9 Å². The van der Waals surface area contributed by atoms with Crippen LogP contribution in [0.2, 0.25) is 0 Å². The molecule has 36 heavy (non-hydrogen) atoms. The Balaban J connectivity index is 1.46. The highest BCUT2D eigenvalue weighted by Gasteiger charge is 2.27. The molecule has 0 amide bonds. The van der Waals surface area contributed by atoms with Crippen LogP contribution in [0.1, 0.15) is 51.9 Å². The molecule has 1 aliphatic heterocycles. The summed E-state index contributed by atoms with van der Waals surface area (Å²) in [5.74, 6) is 0.178. The van der Waals surface area contributed by atoms with E-state index in [1.165, 1.54) is 33.4 Å². The van der Waals surface area contributed by atoms with E-state index < -0.39 is 0 Å². The number of allylic oxidation sites excluding steroid dienone is 1. The van der Waals surface area contributed by atoms with Crippen molar-refractivity contribution < 1.29 is 9.50 Å². The topological polar surface area (TPSA) is 53.7 Å². The third kappa shape index (κ3) is 4.25. The van der Waals surface area contributed by atoms with Crippen molar-refractivity contribution in [1.29, 1.82) is 0 Å². The summed E-state index contributed by atoms with van der Waals surface area (Å²) in [6.45, 7) is 4.31. The summed E-state index contributed by atoms with van der Waals surface area (Å²) in [5.41, 5.74) is 11.5. The second kappa shape index (κ2) is 9.60. The molecule has 2 aliphatic rings. The minimum atomic E-state index is -0.235. The molecule has 1 saturated heterocycles. The predicted molar refractivity (Wildman–Crippen MR) is 140 cm³/mol. The number of aromatic nitrogens is 3. The Kier molecular flexibility index (Phi) is 6.15. The summed E-state index contributed by atoms with van der Waals surface area (Å²) in [5, 5.41) is 9.74. The van der Waals surface area contributed by atoms with Crippen LogP contribution in [0.25, 0.3) is 16.8 Å². The largest absolute Gasteiger partial charge is 0.392 e. The fourth-order valence-corrected chi connectivity index (χ4v) is 5.75. The first-order valence-electron chi connectivity index (χ1n) is 12.8. The molecule has 4 aromatic rings. The summed E-state index contributed by atoms with van der Waals surface area (Å²) in [7, 11) is 0. The molecule has 1 aromatic carbocycles. The van der Waals surface area contributed by atoms with Crippen molar-refractivity contribution in [3.8, 4) is 0 Å². The molecule has 184 valence electrons. The van der Waals surface area contributed by atoms with Gasteiger partial charge < -0.3 is 9.51 Å². The molecular formula is C30H31FN4O. The normalized spacial score (nSPS) is 16.8. The van der Waals surface area contributed by atoms with Gasteiger partial charge >= 0.3 is 0 Å². The van der Waals surface area contributed by atoms with Crippen molar-refractivity contribution in [2.24, 2.45) is 5.92 Å². The fourth-order valence-electron chi connectivity index (χ4n) is 5.75. The lowest BCUT2D eigenvalue weighted by atomic mass is 9.87. The zero-order valence-electron chi connectivity index (χ0n) is 20.6. The number of hydrogen-bond acceptors (Lipinski definition) is 4. The Morgan fingerprint density at radius 2 is 1.97 bits per heavy atom. The SMILES string of the molecule is Cc1cnccc1C1=C(c2ccn3cc(CN4CC(CF)C4)nc3c2)c2ccc(CO)cc2CCC1. The number of alkyl halides is 1. The highest BCUT2D eigenvalue weighted by atomic mass is 19.1. The molecular weight excluding hydrogens is 451 g/mol. The Hall–Kier alpha value is -3.35.